The molecule has 0 aliphatic carbocycles. The Bertz CT molecular complexity index is 2280. The lowest BCUT2D eigenvalue weighted by Crippen LogP contribution is -2.69. The summed E-state index contributed by atoms with van der Waals surface area (Å²) in [7, 11) is 1.71. The largest absolute Gasteiger partial charge is 0.508 e. The number of furan rings is 1. The molecule has 52 heavy (non-hydrogen) atoms. The summed E-state index contributed by atoms with van der Waals surface area (Å²) in [6.45, 7) is 6.40. The standard InChI is InChI=1S/C40H40F3N5O4/c1-4-28-31(42)8-7-23-14-27(49)16-29(32(23)28)33-35(43)36-34(30-13-22(2)52-37(30)33)38(48-25-15-26(48)20-46(19-25)10-6-12-50-3)45-39(44-36)51-21-40-9-5-11-47(40)18-24(41)17-40/h1,7-8,13-14,16,24-26,49H,5-6,9-12,15,17-21H2,2-3H3/t24-,25?,26?,40+/m1/s1. The summed E-state index contributed by atoms with van der Waals surface area (Å²) < 4.78 is 65.4. The molecule has 270 valence electrons. The number of piperazine rings is 1. The van der Waals surface area contributed by atoms with Crippen LogP contribution in [0.1, 0.15) is 43.4 Å². The zero-order valence-electron chi connectivity index (χ0n) is 29.2. The van der Waals surface area contributed by atoms with Crippen LogP contribution in [-0.4, -0.2) is 102 Å². The van der Waals surface area contributed by atoms with Gasteiger partial charge < -0.3 is 23.9 Å². The van der Waals surface area contributed by atoms with Crippen LogP contribution >= 0.6 is 0 Å². The number of ether oxygens (including phenoxy) is 2. The van der Waals surface area contributed by atoms with Crippen LogP contribution in [0.2, 0.25) is 0 Å². The van der Waals surface area contributed by atoms with Crippen molar-refractivity contribution in [3.8, 4) is 35.2 Å². The molecule has 4 saturated heterocycles. The fourth-order valence-corrected chi connectivity index (χ4v) is 9.50. The Morgan fingerprint density at radius 3 is 2.73 bits per heavy atom. The molecular formula is C40H40F3N5O4. The van der Waals surface area contributed by atoms with Crippen molar-refractivity contribution in [1.29, 1.82) is 0 Å². The molecule has 6 heterocycles. The first-order chi connectivity index (χ1) is 25.2. The molecular weight excluding hydrogens is 671 g/mol. The molecule has 9 nitrogen and oxygen atoms in total. The van der Waals surface area contributed by atoms with Gasteiger partial charge in [-0.25, -0.2) is 13.2 Å². The van der Waals surface area contributed by atoms with Gasteiger partial charge in [0.15, 0.2) is 5.82 Å². The minimum absolute atomic E-state index is 0.000974. The summed E-state index contributed by atoms with van der Waals surface area (Å²) in [6, 6.07) is 7.70. The molecule has 4 aliphatic rings. The lowest BCUT2D eigenvalue weighted by Gasteiger charge is -2.57. The smallest absolute Gasteiger partial charge is 0.319 e. The zero-order valence-corrected chi connectivity index (χ0v) is 29.2. The molecule has 4 atom stereocenters. The number of benzene rings is 3. The van der Waals surface area contributed by atoms with E-state index in [-0.39, 0.29) is 63.6 Å². The van der Waals surface area contributed by atoms with Crippen molar-refractivity contribution in [3.05, 3.63) is 53.3 Å². The number of nitrogens with zero attached hydrogens (tertiary/aromatic N) is 5. The molecule has 3 aromatic carbocycles. The van der Waals surface area contributed by atoms with Crippen molar-refractivity contribution < 1.29 is 32.2 Å². The number of piperidine rings is 1. The summed E-state index contributed by atoms with van der Waals surface area (Å²) in [4.78, 5) is 16.6. The first-order valence-electron chi connectivity index (χ1n) is 18.0. The third kappa shape index (κ3) is 5.19. The van der Waals surface area contributed by atoms with Crippen LogP contribution < -0.4 is 9.64 Å². The van der Waals surface area contributed by atoms with E-state index >= 15 is 8.78 Å². The molecule has 2 aromatic heterocycles. The van der Waals surface area contributed by atoms with E-state index in [2.05, 4.69) is 20.6 Å². The quantitative estimate of drug-likeness (QED) is 0.132. The van der Waals surface area contributed by atoms with E-state index in [0.717, 1.165) is 51.9 Å². The minimum Gasteiger partial charge on any atom is -0.508 e. The number of hydrogen-bond acceptors (Lipinski definition) is 9. The van der Waals surface area contributed by atoms with Gasteiger partial charge in [-0.3, -0.25) is 9.80 Å². The van der Waals surface area contributed by atoms with Gasteiger partial charge in [0.25, 0.3) is 0 Å². The Morgan fingerprint density at radius 1 is 1.12 bits per heavy atom. The molecule has 0 saturated carbocycles. The fraction of sp³-hybridized carbons (Fsp3) is 0.450. The number of hydrogen-bond donors (Lipinski definition) is 1. The Kier molecular flexibility index (Phi) is 8.02. The monoisotopic (exact) mass is 711 g/mol. The van der Waals surface area contributed by atoms with Crippen LogP contribution in [0.15, 0.2) is 34.7 Å². The number of phenols is 1. The van der Waals surface area contributed by atoms with Crippen molar-refractivity contribution in [2.45, 2.75) is 62.8 Å². The Morgan fingerprint density at radius 2 is 1.94 bits per heavy atom. The molecule has 1 N–H and O–H groups in total. The maximum Gasteiger partial charge on any atom is 0.319 e. The number of aryl methyl sites for hydroxylation is 1. The van der Waals surface area contributed by atoms with Gasteiger partial charge in [0.05, 0.1) is 22.1 Å². The summed E-state index contributed by atoms with van der Waals surface area (Å²) >= 11 is 0. The highest BCUT2D eigenvalue weighted by molar-refractivity contribution is 6.18. The molecule has 0 radical (unpaired) electrons. The highest BCUT2D eigenvalue weighted by Crippen LogP contribution is 2.49. The number of halogens is 3. The predicted octanol–water partition coefficient (Wildman–Crippen LogP) is 6.72. The number of terminal acetylenes is 1. The Hall–Kier alpha value is -4.57. The number of methoxy groups -OCH3 is 1. The number of rotatable bonds is 9. The first kappa shape index (κ1) is 33.3. The zero-order chi connectivity index (χ0) is 35.9. The number of anilines is 1. The van der Waals surface area contributed by atoms with Crippen LogP contribution in [0, 0.1) is 30.9 Å². The molecule has 2 unspecified atom stereocenters. The third-order valence-corrected chi connectivity index (χ3v) is 11.7. The molecule has 0 spiro atoms. The van der Waals surface area contributed by atoms with Crippen molar-refractivity contribution in [1.82, 2.24) is 19.8 Å². The number of likely N-dealkylation sites (tertiary alicyclic amines) is 1. The van der Waals surface area contributed by atoms with Gasteiger partial charge in [0, 0.05) is 74.7 Å². The van der Waals surface area contributed by atoms with Crippen LogP contribution in [-0.2, 0) is 4.74 Å². The van der Waals surface area contributed by atoms with Gasteiger partial charge in [0.1, 0.15) is 47.0 Å². The van der Waals surface area contributed by atoms with E-state index in [9.17, 15) is 9.50 Å². The van der Waals surface area contributed by atoms with E-state index in [4.69, 9.17) is 30.3 Å². The molecule has 2 bridgehead atoms. The van der Waals surface area contributed by atoms with E-state index in [1.807, 2.05) is 6.07 Å². The van der Waals surface area contributed by atoms with Gasteiger partial charge in [0.2, 0.25) is 0 Å². The SMILES string of the molecule is C#Cc1c(F)ccc2cc(O)cc(-c3c(F)c4nc(OC[C@@]56CCCN5C[C@H](F)C6)nc(N5C6CC5CN(CCCOC)C6)c4c4cc(C)oc34)c12. The van der Waals surface area contributed by atoms with Crippen LogP contribution in [0.3, 0.4) is 0 Å². The number of alkyl halides is 1. The topological polar surface area (TPSA) is 87.3 Å². The highest BCUT2D eigenvalue weighted by Gasteiger charge is 2.50. The van der Waals surface area contributed by atoms with Crippen molar-refractivity contribution in [2.75, 3.05) is 57.9 Å². The average Bonchev–Trinajstić information content (AvgIpc) is 3.78. The number of aromatic hydroxyl groups is 1. The second-order valence-electron chi connectivity index (χ2n) is 14.9. The maximum absolute atomic E-state index is 17.6. The molecule has 4 fully saturated rings. The summed E-state index contributed by atoms with van der Waals surface area (Å²) in [5, 5.41) is 12.6. The summed E-state index contributed by atoms with van der Waals surface area (Å²) in [5.74, 6) is 1.99. The van der Waals surface area contributed by atoms with Gasteiger partial charge in [-0.15, -0.1) is 6.42 Å². The average molecular weight is 712 g/mol. The predicted molar refractivity (Wildman–Crippen MR) is 193 cm³/mol. The highest BCUT2D eigenvalue weighted by atomic mass is 19.1. The van der Waals surface area contributed by atoms with Crippen LogP contribution in [0.5, 0.6) is 11.8 Å². The molecule has 4 aliphatic heterocycles. The maximum atomic E-state index is 17.6. The normalized spacial score (nSPS) is 24.5. The molecule has 12 heteroatoms. The summed E-state index contributed by atoms with van der Waals surface area (Å²) in [6.07, 6.45) is 8.90. The number of fused-ring (bicyclic) bond motifs is 7. The van der Waals surface area contributed by atoms with Crippen molar-refractivity contribution in [2.24, 2.45) is 0 Å². The van der Waals surface area contributed by atoms with E-state index in [0.29, 0.717) is 47.3 Å². The van der Waals surface area contributed by atoms with E-state index in [1.165, 1.54) is 24.3 Å². The van der Waals surface area contributed by atoms with E-state index in [1.54, 1.807) is 14.0 Å². The third-order valence-electron chi connectivity index (χ3n) is 11.7. The number of phenolic OH excluding ortho intramolecular Hbond substituents is 1. The lowest BCUT2D eigenvalue weighted by atomic mass is 9.86. The second-order valence-corrected chi connectivity index (χ2v) is 14.9. The molecule has 9 rings (SSSR count). The lowest BCUT2D eigenvalue weighted by molar-refractivity contribution is 0.0985. The Labute approximate surface area is 299 Å². The fourth-order valence-electron chi connectivity index (χ4n) is 9.50. The van der Waals surface area contributed by atoms with Crippen molar-refractivity contribution in [3.63, 3.8) is 0 Å². The van der Waals surface area contributed by atoms with E-state index < -0.39 is 23.3 Å². The minimum atomic E-state index is -0.934. The van der Waals surface area contributed by atoms with Gasteiger partial charge in [-0.1, -0.05) is 12.0 Å². The van der Waals surface area contributed by atoms with Gasteiger partial charge in [-0.2, -0.15) is 9.97 Å². The van der Waals surface area contributed by atoms with Crippen LogP contribution in [0.4, 0.5) is 19.0 Å². The summed E-state index contributed by atoms with van der Waals surface area (Å²) in [5.41, 5.74) is -0.110. The Balaban J connectivity index is 1.24. The first-order valence-corrected chi connectivity index (χ1v) is 18.0. The van der Waals surface area contributed by atoms with Gasteiger partial charge in [-0.05, 0) is 68.8 Å². The van der Waals surface area contributed by atoms with Gasteiger partial charge >= 0.3 is 6.01 Å². The van der Waals surface area contributed by atoms with Crippen molar-refractivity contribution >= 4 is 38.5 Å². The number of aromatic nitrogens is 2. The molecule has 5 aromatic rings. The molecule has 0 amide bonds. The van der Waals surface area contributed by atoms with Crippen LogP contribution in [0.25, 0.3) is 43.8 Å². The second kappa shape index (κ2) is 12.5.